The largest absolute Gasteiger partial charge is 0.484 e. The topological polar surface area (TPSA) is 70.6 Å². The summed E-state index contributed by atoms with van der Waals surface area (Å²) in [6, 6.07) is 13.6. The van der Waals surface area contributed by atoms with Crippen LogP contribution in [0.25, 0.3) is 6.08 Å². The minimum absolute atomic E-state index is 0.0353. The molecule has 27 heavy (non-hydrogen) atoms. The van der Waals surface area contributed by atoms with Crippen LogP contribution in [0.2, 0.25) is 0 Å². The Kier molecular flexibility index (Phi) is 5.51. The maximum absolute atomic E-state index is 12.2. The molecule has 0 aromatic heterocycles. The number of amides is 1. The highest BCUT2D eigenvalue weighted by Crippen LogP contribution is 2.31. The van der Waals surface area contributed by atoms with Crippen molar-refractivity contribution in [2.75, 3.05) is 23.8 Å². The number of benzene rings is 2. The second-order valence-corrected chi connectivity index (χ2v) is 7.71. The number of ether oxygens (including phenoxy) is 1. The van der Waals surface area contributed by atoms with Crippen molar-refractivity contribution in [3.05, 3.63) is 59.7 Å². The van der Waals surface area contributed by atoms with Gasteiger partial charge in [0, 0.05) is 11.8 Å². The molecule has 5 heteroatoms. The molecule has 1 aliphatic heterocycles. The van der Waals surface area contributed by atoms with E-state index in [1.54, 1.807) is 18.2 Å². The first-order valence-corrected chi connectivity index (χ1v) is 9.10. The standard InChI is InChI=1S/C22H26N2O3/c1-22(2,3)16-7-4-15(5-8-16)6-11-21(26)24-17-9-10-20-19(12-17)23-13-18(14-25)27-20/h4-12,18,23,25H,13-14H2,1-3H3,(H,24,26). The number of carbonyl (C=O) groups is 1. The summed E-state index contributed by atoms with van der Waals surface area (Å²) in [4.78, 5) is 12.2. The summed E-state index contributed by atoms with van der Waals surface area (Å²) < 4.78 is 5.64. The zero-order valence-electron chi connectivity index (χ0n) is 16.0. The van der Waals surface area contributed by atoms with E-state index < -0.39 is 0 Å². The third-order valence-corrected chi connectivity index (χ3v) is 4.47. The summed E-state index contributed by atoms with van der Waals surface area (Å²) >= 11 is 0. The number of aliphatic hydroxyl groups excluding tert-OH is 1. The Morgan fingerprint density at radius 1 is 1.26 bits per heavy atom. The predicted octanol–water partition coefficient (Wildman–Crippen LogP) is 3.80. The molecule has 1 aliphatic rings. The summed E-state index contributed by atoms with van der Waals surface area (Å²) in [6.45, 7) is 7.02. The molecule has 1 unspecified atom stereocenters. The van der Waals surface area contributed by atoms with Gasteiger partial charge < -0.3 is 20.5 Å². The van der Waals surface area contributed by atoms with E-state index in [2.05, 4.69) is 43.5 Å². The molecule has 3 rings (SSSR count). The number of hydrogen-bond acceptors (Lipinski definition) is 4. The Morgan fingerprint density at radius 3 is 2.67 bits per heavy atom. The van der Waals surface area contributed by atoms with Crippen LogP contribution in [0, 0.1) is 0 Å². The summed E-state index contributed by atoms with van der Waals surface area (Å²) in [7, 11) is 0. The molecule has 2 aromatic carbocycles. The number of carbonyl (C=O) groups excluding carboxylic acids is 1. The van der Waals surface area contributed by atoms with Gasteiger partial charge in [0.25, 0.3) is 0 Å². The Hall–Kier alpha value is -2.79. The number of nitrogens with one attached hydrogen (secondary N) is 2. The average molecular weight is 366 g/mol. The van der Waals surface area contributed by atoms with Crippen molar-refractivity contribution < 1.29 is 14.6 Å². The van der Waals surface area contributed by atoms with Gasteiger partial charge in [-0.3, -0.25) is 4.79 Å². The smallest absolute Gasteiger partial charge is 0.248 e. The zero-order valence-corrected chi connectivity index (χ0v) is 16.0. The summed E-state index contributed by atoms with van der Waals surface area (Å²) in [5.41, 5.74) is 3.84. The van der Waals surface area contributed by atoms with Crippen molar-refractivity contribution >= 4 is 23.4 Å². The molecule has 0 radical (unpaired) electrons. The fourth-order valence-corrected chi connectivity index (χ4v) is 2.85. The lowest BCUT2D eigenvalue weighted by Gasteiger charge is -2.26. The van der Waals surface area contributed by atoms with E-state index in [9.17, 15) is 4.79 Å². The molecule has 0 aliphatic carbocycles. The summed E-state index contributed by atoms with van der Waals surface area (Å²) in [5, 5.41) is 15.2. The van der Waals surface area contributed by atoms with Crippen molar-refractivity contribution in [2.45, 2.75) is 32.3 Å². The summed E-state index contributed by atoms with van der Waals surface area (Å²) in [6.07, 6.45) is 3.08. The van der Waals surface area contributed by atoms with E-state index in [0.717, 1.165) is 11.3 Å². The summed E-state index contributed by atoms with van der Waals surface area (Å²) in [5.74, 6) is 0.479. The normalized spacial score (nSPS) is 16.4. The van der Waals surface area contributed by atoms with Gasteiger partial charge in [0.1, 0.15) is 11.9 Å². The van der Waals surface area contributed by atoms with Crippen LogP contribution in [-0.2, 0) is 10.2 Å². The second kappa shape index (κ2) is 7.84. The van der Waals surface area contributed by atoms with E-state index >= 15 is 0 Å². The minimum atomic E-state index is -0.245. The number of hydrogen-bond donors (Lipinski definition) is 3. The maximum atomic E-state index is 12.2. The Balaban J connectivity index is 1.62. The van der Waals surface area contributed by atoms with Crippen molar-refractivity contribution in [3.8, 4) is 5.75 Å². The van der Waals surface area contributed by atoms with Crippen molar-refractivity contribution in [1.29, 1.82) is 0 Å². The van der Waals surface area contributed by atoms with Crippen LogP contribution in [0.1, 0.15) is 31.9 Å². The van der Waals surface area contributed by atoms with Gasteiger partial charge in [-0.2, -0.15) is 0 Å². The van der Waals surface area contributed by atoms with Gasteiger partial charge in [-0.15, -0.1) is 0 Å². The Labute approximate surface area is 160 Å². The molecule has 0 bridgehead atoms. The highest BCUT2D eigenvalue weighted by Gasteiger charge is 2.18. The van der Waals surface area contributed by atoms with Crippen molar-refractivity contribution in [1.82, 2.24) is 0 Å². The van der Waals surface area contributed by atoms with Gasteiger partial charge in [0.05, 0.1) is 18.8 Å². The third kappa shape index (κ3) is 4.89. The number of aliphatic hydroxyl groups is 1. The fraction of sp³-hybridized carbons (Fsp3) is 0.318. The molecule has 3 N–H and O–H groups in total. The van der Waals surface area contributed by atoms with Gasteiger partial charge in [-0.25, -0.2) is 0 Å². The van der Waals surface area contributed by atoms with Gasteiger partial charge in [0.2, 0.25) is 5.91 Å². The minimum Gasteiger partial charge on any atom is -0.484 e. The predicted molar refractivity (Wildman–Crippen MR) is 109 cm³/mol. The van der Waals surface area contributed by atoms with E-state index in [4.69, 9.17) is 9.84 Å². The molecular weight excluding hydrogens is 340 g/mol. The molecule has 5 nitrogen and oxygen atoms in total. The van der Waals surface area contributed by atoms with Crippen LogP contribution in [0.15, 0.2) is 48.5 Å². The van der Waals surface area contributed by atoms with Gasteiger partial charge in [-0.1, -0.05) is 45.0 Å². The molecule has 0 saturated heterocycles. The van der Waals surface area contributed by atoms with E-state index in [1.807, 2.05) is 18.2 Å². The molecule has 0 saturated carbocycles. The van der Waals surface area contributed by atoms with Crippen LogP contribution in [0.4, 0.5) is 11.4 Å². The lowest BCUT2D eigenvalue weighted by Crippen LogP contribution is -2.33. The average Bonchev–Trinajstić information content (AvgIpc) is 2.65. The van der Waals surface area contributed by atoms with Crippen LogP contribution >= 0.6 is 0 Å². The molecule has 1 atom stereocenters. The molecule has 0 fully saturated rings. The zero-order chi connectivity index (χ0) is 19.4. The van der Waals surface area contributed by atoms with Gasteiger partial charge in [-0.05, 0) is 40.8 Å². The third-order valence-electron chi connectivity index (χ3n) is 4.47. The van der Waals surface area contributed by atoms with Crippen LogP contribution in [-0.4, -0.2) is 30.3 Å². The molecule has 2 aromatic rings. The molecule has 142 valence electrons. The lowest BCUT2D eigenvalue weighted by atomic mass is 9.87. The SMILES string of the molecule is CC(C)(C)c1ccc(C=CC(=O)Nc2ccc3c(c2)NCC(CO)O3)cc1. The second-order valence-electron chi connectivity index (χ2n) is 7.71. The number of fused-ring (bicyclic) bond motifs is 1. The first-order chi connectivity index (χ1) is 12.8. The van der Waals surface area contributed by atoms with Crippen LogP contribution in [0.5, 0.6) is 5.75 Å². The van der Waals surface area contributed by atoms with E-state index in [-0.39, 0.29) is 24.0 Å². The van der Waals surface area contributed by atoms with Crippen molar-refractivity contribution in [2.24, 2.45) is 0 Å². The Morgan fingerprint density at radius 2 is 2.00 bits per heavy atom. The lowest BCUT2D eigenvalue weighted by molar-refractivity contribution is -0.111. The highest BCUT2D eigenvalue weighted by molar-refractivity contribution is 6.02. The quantitative estimate of drug-likeness (QED) is 0.720. The first kappa shape index (κ1) is 19.0. The van der Waals surface area contributed by atoms with Crippen LogP contribution in [0.3, 0.4) is 0 Å². The van der Waals surface area contributed by atoms with E-state index in [0.29, 0.717) is 18.0 Å². The van der Waals surface area contributed by atoms with Gasteiger partial charge in [0.15, 0.2) is 0 Å². The molecular formula is C22H26N2O3. The van der Waals surface area contributed by atoms with Gasteiger partial charge >= 0.3 is 0 Å². The fourth-order valence-electron chi connectivity index (χ4n) is 2.85. The maximum Gasteiger partial charge on any atom is 0.248 e. The molecule has 0 spiro atoms. The van der Waals surface area contributed by atoms with Crippen molar-refractivity contribution in [3.63, 3.8) is 0 Å². The monoisotopic (exact) mass is 366 g/mol. The first-order valence-electron chi connectivity index (χ1n) is 9.10. The molecule has 1 heterocycles. The van der Waals surface area contributed by atoms with E-state index in [1.165, 1.54) is 11.6 Å². The number of anilines is 2. The number of rotatable bonds is 4. The Bertz CT molecular complexity index is 836. The van der Waals surface area contributed by atoms with Crippen LogP contribution < -0.4 is 15.4 Å². The highest BCUT2D eigenvalue weighted by atomic mass is 16.5. The molecule has 1 amide bonds.